The third-order valence-electron chi connectivity index (χ3n) is 5.38. The second-order valence-electron chi connectivity index (χ2n) is 7.26. The Labute approximate surface area is 193 Å². The number of hydrogen-bond acceptors (Lipinski definition) is 6. The van der Waals surface area contributed by atoms with Crippen LogP contribution in [-0.2, 0) is 10.2 Å². The Bertz CT molecular complexity index is 1050. The van der Waals surface area contributed by atoms with Gasteiger partial charge in [-0.3, -0.25) is 13.9 Å². The number of ketones is 1. The first-order valence-corrected chi connectivity index (χ1v) is 10.6. The van der Waals surface area contributed by atoms with Crippen LogP contribution in [0.4, 0.5) is 5.69 Å². The Morgan fingerprint density at radius 3 is 2.48 bits per heavy atom. The van der Waals surface area contributed by atoms with E-state index in [1.54, 1.807) is 36.4 Å². The van der Waals surface area contributed by atoms with E-state index in [0.717, 1.165) is 12.0 Å². The number of nitrogens with zero attached hydrogens (tertiary/aromatic N) is 1. The zero-order valence-electron chi connectivity index (χ0n) is 15.6. The van der Waals surface area contributed by atoms with Gasteiger partial charge in [-0.2, -0.15) is 0 Å². The van der Waals surface area contributed by atoms with E-state index in [9.17, 15) is 19.0 Å². The molecule has 0 bridgehead atoms. The van der Waals surface area contributed by atoms with Crippen molar-refractivity contribution in [3.8, 4) is 0 Å². The summed E-state index contributed by atoms with van der Waals surface area (Å²) in [4.78, 5) is 13.8. The maximum absolute atomic E-state index is 13.5. The number of carbonyl (C=O) groups excluding carboxylic acids is 1. The van der Waals surface area contributed by atoms with Crippen molar-refractivity contribution in [1.29, 1.82) is 0 Å². The third-order valence-corrected chi connectivity index (χ3v) is 6.77. The van der Waals surface area contributed by atoms with E-state index in [0.29, 0.717) is 17.7 Å². The van der Waals surface area contributed by atoms with E-state index in [2.05, 4.69) is 9.71 Å². The van der Waals surface area contributed by atoms with Crippen LogP contribution in [0.25, 0.3) is 5.76 Å². The first-order valence-electron chi connectivity index (χ1n) is 9.12. The van der Waals surface area contributed by atoms with Gasteiger partial charge in [0.2, 0.25) is 0 Å². The molecule has 1 aliphatic carbocycles. The quantitative estimate of drug-likeness (QED) is 0.546. The fourth-order valence-electron chi connectivity index (χ4n) is 4.02. The van der Waals surface area contributed by atoms with Gasteiger partial charge < -0.3 is 10.4 Å². The van der Waals surface area contributed by atoms with Crippen LogP contribution in [-0.4, -0.2) is 55.4 Å². The number of aliphatic hydroxyl groups is 1. The minimum absolute atomic E-state index is 0. The molecule has 0 fully saturated rings. The summed E-state index contributed by atoms with van der Waals surface area (Å²) in [5.41, 5.74) is 0.942. The van der Waals surface area contributed by atoms with Gasteiger partial charge in [0.05, 0.1) is 11.1 Å². The average molecular weight is 422 g/mol. The summed E-state index contributed by atoms with van der Waals surface area (Å²) in [5, 5.41) is 14.0. The summed E-state index contributed by atoms with van der Waals surface area (Å²) in [6.45, 7) is 3.86. The Kier molecular flexibility index (Phi) is 6.02. The Balaban J connectivity index is 0.00000240. The summed E-state index contributed by atoms with van der Waals surface area (Å²) in [6, 6.07) is 14.0. The topological polar surface area (TPSA) is 102 Å². The number of rotatable bonds is 3. The summed E-state index contributed by atoms with van der Waals surface area (Å²) < 4.78 is 25.1. The molecular formula is C21H23N2NaO4S. The maximum atomic E-state index is 13.5. The standard InChI is InChI=1S/C21H22N2O4S.Na.H/c1-3-12-21(2)14-9-5-4-8-13(14)18(24)17(19(21)25)20-22-15-10-6-7-11-16(15)28(26,27)23-20;;/h4-11,24,26-27H,3,12H2,1-2H3,(H,22,23);;. The molecule has 4 N–H and O–H groups in total. The fourth-order valence-corrected chi connectivity index (χ4v) is 5.19. The molecule has 1 atom stereocenters. The molecule has 0 radical (unpaired) electrons. The number of hydrogen-bond donors (Lipinski definition) is 4. The van der Waals surface area contributed by atoms with Crippen LogP contribution in [0.5, 0.6) is 0 Å². The van der Waals surface area contributed by atoms with Gasteiger partial charge in [-0.25, -0.2) is 0 Å². The van der Waals surface area contributed by atoms with Crippen LogP contribution in [0.2, 0.25) is 0 Å². The SMILES string of the molecule is CCCC1(C)C(=O)C(C2=NS(O)(O)c3ccccc3N2)=C(O)c2ccccc21.[NaH]. The molecular weight excluding hydrogens is 399 g/mol. The minimum atomic E-state index is -3.49. The zero-order chi connectivity index (χ0) is 20.1. The predicted molar refractivity (Wildman–Crippen MR) is 119 cm³/mol. The molecule has 29 heavy (non-hydrogen) atoms. The molecule has 0 saturated carbocycles. The van der Waals surface area contributed by atoms with Crippen molar-refractivity contribution in [3.05, 3.63) is 65.2 Å². The van der Waals surface area contributed by atoms with Crippen LogP contribution >= 0.6 is 10.8 Å². The first kappa shape index (κ1) is 22.1. The number of aliphatic hydroxyl groups excluding tert-OH is 1. The van der Waals surface area contributed by atoms with Gasteiger partial charge in [0, 0.05) is 5.56 Å². The van der Waals surface area contributed by atoms with Gasteiger partial charge in [-0.05, 0) is 31.0 Å². The number of nitrogens with one attached hydrogen (secondary N) is 1. The number of anilines is 1. The summed E-state index contributed by atoms with van der Waals surface area (Å²) in [7, 11) is -3.49. The van der Waals surface area contributed by atoms with E-state index in [4.69, 9.17) is 0 Å². The summed E-state index contributed by atoms with van der Waals surface area (Å²) >= 11 is 0. The van der Waals surface area contributed by atoms with Crippen LogP contribution in [0, 0.1) is 0 Å². The van der Waals surface area contributed by atoms with Gasteiger partial charge in [0.25, 0.3) is 0 Å². The molecule has 2 aromatic rings. The number of carbonyl (C=O) groups is 1. The van der Waals surface area contributed by atoms with E-state index in [-0.39, 0.29) is 57.4 Å². The molecule has 2 aromatic carbocycles. The van der Waals surface area contributed by atoms with Gasteiger partial charge in [-0.15, -0.1) is 4.40 Å². The number of amidine groups is 1. The van der Waals surface area contributed by atoms with Gasteiger partial charge >= 0.3 is 29.6 Å². The zero-order valence-corrected chi connectivity index (χ0v) is 16.5. The second-order valence-corrected chi connectivity index (χ2v) is 8.92. The average Bonchev–Trinajstić information content (AvgIpc) is 2.67. The molecule has 0 amide bonds. The van der Waals surface area contributed by atoms with Gasteiger partial charge in [-0.1, -0.05) is 60.5 Å². The molecule has 2 aliphatic rings. The Hall–Kier alpha value is -1.61. The van der Waals surface area contributed by atoms with Crippen molar-refractivity contribution in [2.45, 2.75) is 37.0 Å². The Morgan fingerprint density at radius 2 is 1.76 bits per heavy atom. The number of Topliss-reactive ketones (excluding diaryl/α,β-unsaturated/α-hetero) is 1. The normalized spacial score (nSPS) is 23.2. The van der Waals surface area contributed by atoms with Crippen LogP contribution in [0.3, 0.4) is 0 Å². The number of fused-ring (bicyclic) bond motifs is 2. The van der Waals surface area contributed by atoms with E-state index in [1.807, 2.05) is 26.0 Å². The van der Waals surface area contributed by atoms with E-state index >= 15 is 0 Å². The van der Waals surface area contributed by atoms with Crippen molar-refractivity contribution >= 4 is 63.4 Å². The van der Waals surface area contributed by atoms with Crippen LogP contribution in [0.15, 0.2) is 63.4 Å². The van der Waals surface area contributed by atoms with Crippen molar-refractivity contribution in [2.75, 3.05) is 5.32 Å². The molecule has 0 saturated heterocycles. The van der Waals surface area contributed by atoms with Crippen molar-refractivity contribution in [3.63, 3.8) is 0 Å². The summed E-state index contributed by atoms with van der Waals surface area (Å²) in [5.74, 6) is -0.501. The number of benzene rings is 2. The molecule has 0 aromatic heterocycles. The molecule has 1 aliphatic heterocycles. The molecule has 148 valence electrons. The summed E-state index contributed by atoms with van der Waals surface area (Å²) in [6.07, 6.45) is 1.38. The van der Waals surface area contributed by atoms with Crippen molar-refractivity contribution < 1.29 is 19.0 Å². The molecule has 1 unspecified atom stereocenters. The molecule has 0 spiro atoms. The van der Waals surface area contributed by atoms with Crippen molar-refractivity contribution in [1.82, 2.24) is 0 Å². The van der Waals surface area contributed by atoms with E-state index < -0.39 is 16.2 Å². The molecule has 1 heterocycles. The monoisotopic (exact) mass is 422 g/mol. The van der Waals surface area contributed by atoms with Gasteiger partial charge in [0.1, 0.15) is 16.2 Å². The third kappa shape index (κ3) is 3.46. The molecule has 4 rings (SSSR count). The first-order chi connectivity index (χ1) is 13.3. The fraction of sp³-hybridized carbons (Fsp3) is 0.238. The molecule has 6 nitrogen and oxygen atoms in total. The second kappa shape index (κ2) is 7.91. The van der Waals surface area contributed by atoms with Crippen LogP contribution < -0.4 is 5.32 Å². The number of para-hydroxylation sites is 1. The van der Waals surface area contributed by atoms with Gasteiger partial charge in [0.15, 0.2) is 11.6 Å². The van der Waals surface area contributed by atoms with Crippen LogP contribution in [0.1, 0.15) is 37.8 Å². The van der Waals surface area contributed by atoms with Crippen molar-refractivity contribution in [2.24, 2.45) is 4.40 Å². The molecule has 8 heteroatoms. The Morgan fingerprint density at radius 1 is 1.10 bits per heavy atom. The predicted octanol–water partition coefficient (Wildman–Crippen LogP) is 4.50. The van der Waals surface area contributed by atoms with E-state index in [1.165, 1.54) is 0 Å².